The van der Waals surface area contributed by atoms with E-state index in [-0.39, 0.29) is 12.5 Å². The van der Waals surface area contributed by atoms with Crippen LogP contribution in [0.2, 0.25) is 10.0 Å². The van der Waals surface area contributed by atoms with Gasteiger partial charge in [-0.2, -0.15) is 0 Å². The highest BCUT2D eigenvalue weighted by atomic mass is 35.5. The molecule has 1 heterocycles. The molecule has 5 nitrogen and oxygen atoms in total. The zero-order valence-corrected chi connectivity index (χ0v) is 16.6. The molecule has 1 aromatic carbocycles. The summed E-state index contributed by atoms with van der Waals surface area (Å²) >= 11 is 11.9. The lowest BCUT2D eigenvalue weighted by molar-refractivity contribution is -0.123. The third kappa shape index (κ3) is 6.33. The average Bonchev–Trinajstić information content (AvgIpc) is 2.55. The van der Waals surface area contributed by atoms with E-state index in [1.54, 1.807) is 18.2 Å². The molecular formula is C18H27Cl2N3O2. The van der Waals surface area contributed by atoms with Gasteiger partial charge < -0.3 is 15.0 Å². The molecule has 140 valence electrons. The highest BCUT2D eigenvalue weighted by molar-refractivity contribution is 6.35. The molecule has 0 saturated carbocycles. The molecule has 7 heteroatoms. The van der Waals surface area contributed by atoms with Gasteiger partial charge >= 0.3 is 0 Å². The number of carbonyl (C=O) groups excluding carboxylic acids is 1. The quantitative estimate of drug-likeness (QED) is 0.780. The fourth-order valence-electron chi connectivity index (χ4n) is 2.95. The molecule has 0 aliphatic carbocycles. The number of carbonyl (C=O) groups is 1. The lowest BCUT2D eigenvalue weighted by Crippen LogP contribution is -2.54. The number of likely N-dealkylation sites (N-methyl/N-ethyl adjacent to an activating group) is 1. The molecule has 0 radical (unpaired) electrons. The Labute approximate surface area is 160 Å². The van der Waals surface area contributed by atoms with Crippen LogP contribution in [0, 0.1) is 5.92 Å². The Kier molecular flexibility index (Phi) is 7.81. The first kappa shape index (κ1) is 20.3. The second kappa shape index (κ2) is 9.62. The number of hydrogen-bond donors (Lipinski definition) is 1. The molecule has 0 aromatic heterocycles. The van der Waals surface area contributed by atoms with Gasteiger partial charge in [-0.15, -0.1) is 0 Å². The Morgan fingerprint density at radius 3 is 2.52 bits per heavy atom. The van der Waals surface area contributed by atoms with E-state index < -0.39 is 0 Å². The first-order chi connectivity index (χ1) is 11.9. The van der Waals surface area contributed by atoms with Gasteiger partial charge in [0.15, 0.2) is 6.61 Å². The summed E-state index contributed by atoms with van der Waals surface area (Å²) in [5, 5.41) is 3.92. The number of nitrogens with zero attached hydrogens (tertiary/aromatic N) is 2. The fraction of sp³-hybridized carbons (Fsp3) is 0.611. The lowest BCUT2D eigenvalue weighted by atomic mass is 10.0. The number of ether oxygens (including phenoxy) is 1. The van der Waals surface area contributed by atoms with Crippen molar-refractivity contribution < 1.29 is 9.53 Å². The van der Waals surface area contributed by atoms with Crippen LogP contribution in [0.4, 0.5) is 0 Å². The Morgan fingerprint density at radius 2 is 1.92 bits per heavy atom. The second-order valence-corrected chi connectivity index (χ2v) is 7.66. The monoisotopic (exact) mass is 387 g/mol. The third-order valence-corrected chi connectivity index (χ3v) is 5.07. The summed E-state index contributed by atoms with van der Waals surface area (Å²) < 4.78 is 5.48. The highest BCUT2D eigenvalue weighted by Gasteiger charge is 2.25. The van der Waals surface area contributed by atoms with E-state index in [4.69, 9.17) is 27.9 Å². The van der Waals surface area contributed by atoms with Crippen molar-refractivity contribution >= 4 is 29.1 Å². The van der Waals surface area contributed by atoms with Crippen molar-refractivity contribution in [1.29, 1.82) is 0 Å². The van der Waals surface area contributed by atoms with Gasteiger partial charge in [0.05, 0.1) is 5.02 Å². The van der Waals surface area contributed by atoms with Crippen LogP contribution >= 0.6 is 23.2 Å². The number of amides is 1. The summed E-state index contributed by atoms with van der Waals surface area (Å²) in [6, 6.07) is 5.28. The molecule has 0 spiro atoms. The van der Waals surface area contributed by atoms with Crippen LogP contribution in [0.25, 0.3) is 0 Å². The van der Waals surface area contributed by atoms with Crippen molar-refractivity contribution in [2.45, 2.75) is 19.9 Å². The van der Waals surface area contributed by atoms with E-state index in [9.17, 15) is 4.79 Å². The molecule has 1 aliphatic rings. The van der Waals surface area contributed by atoms with Gasteiger partial charge in [0, 0.05) is 43.8 Å². The molecule has 1 atom stereocenters. The van der Waals surface area contributed by atoms with Crippen molar-refractivity contribution in [1.82, 2.24) is 15.1 Å². The number of nitrogens with one attached hydrogen (secondary N) is 1. The maximum absolute atomic E-state index is 12.1. The summed E-state index contributed by atoms with van der Waals surface area (Å²) in [6.45, 7) is 9.15. The molecule has 1 N–H and O–H groups in total. The van der Waals surface area contributed by atoms with Gasteiger partial charge in [0.25, 0.3) is 5.91 Å². The Bertz CT molecular complexity index is 575. The van der Waals surface area contributed by atoms with Crippen LogP contribution in [-0.2, 0) is 4.79 Å². The van der Waals surface area contributed by atoms with Crippen molar-refractivity contribution in [3.63, 3.8) is 0 Å². The summed E-state index contributed by atoms with van der Waals surface area (Å²) in [5.41, 5.74) is 0. The van der Waals surface area contributed by atoms with Crippen LogP contribution in [0.1, 0.15) is 13.8 Å². The zero-order chi connectivity index (χ0) is 18.4. The number of piperazine rings is 1. The molecule has 1 aliphatic heterocycles. The zero-order valence-electron chi connectivity index (χ0n) is 15.1. The van der Waals surface area contributed by atoms with Gasteiger partial charge in [-0.05, 0) is 31.2 Å². The first-order valence-corrected chi connectivity index (χ1v) is 9.39. The van der Waals surface area contributed by atoms with Gasteiger partial charge in [-0.25, -0.2) is 0 Å². The van der Waals surface area contributed by atoms with Crippen LogP contribution < -0.4 is 10.1 Å². The molecular weight excluding hydrogens is 361 g/mol. The molecule has 1 amide bonds. The van der Waals surface area contributed by atoms with E-state index in [0.29, 0.717) is 34.3 Å². The molecule has 1 fully saturated rings. The summed E-state index contributed by atoms with van der Waals surface area (Å²) in [7, 11) is 2.14. The normalized spacial score (nSPS) is 17.5. The Balaban J connectivity index is 1.80. The van der Waals surface area contributed by atoms with Crippen LogP contribution in [0.3, 0.4) is 0 Å². The minimum atomic E-state index is -0.147. The van der Waals surface area contributed by atoms with E-state index in [0.717, 1.165) is 26.2 Å². The van der Waals surface area contributed by atoms with Crippen LogP contribution in [0.15, 0.2) is 18.2 Å². The Morgan fingerprint density at radius 1 is 1.24 bits per heavy atom. The van der Waals surface area contributed by atoms with Gasteiger partial charge in [0.1, 0.15) is 5.75 Å². The largest absolute Gasteiger partial charge is 0.482 e. The highest BCUT2D eigenvalue weighted by Crippen LogP contribution is 2.27. The topological polar surface area (TPSA) is 44.8 Å². The lowest BCUT2D eigenvalue weighted by Gasteiger charge is -2.39. The number of hydrogen-bond acceptors (Lipinski definition) is 4. The SMILES string of the molecule is CC(C)C(CNC(=O)COc1ccc(Cl)cc1Cl)N1CCN(C)CC1. The predicted octanol–water partition coefficient (Wildman–Crippen LogP) is 2.76. The first-order valence-electron chi connectivity index (χ1n) is 8.64. The molecule has 0 bridgehead atoms. The Hall–Kier alpha value is -1.01. The minimum absolute atomic E-state index is 0.0606. The van der Waals surface area contributed by atoms with Gasteiger partial charge in [-0.3, -0.25) is 9.69 Å². The maximum atomic E-state index is 12.1. The molecule has 1 unspecified atom stereocenters. The van der Waals surface area contributed by atoms with Gasteiger partial charge in [-0.1, -0.05) is 37.0 Å². The number of benzene rings is 1. The molecule has 1 saturated heterocycles. The fourth-order valence-corrected chi connectivity index (χ4v) is 3.41. The van der Waals surface area contributed by atoms with Crippen LogP contribution in [-0.4, -0.2) is 68.1 Å². The number of rotatable bonds is 7. The predicted molar refractivity (Wildman–Crippen MR) is 103 cm³/mol. The van der Waals surface area contributed by atoms with Crippen molar-refractivity contribution in [3.05, 3.63) is 28.2 Å². The smallest absolute Gasteiger partial charge is 0.257 e. The molecule has 1 aromatic rings. The van der Waals surface area contributed by atoms with E-state index >= 15 is 0 Å². The van der Waals surface area contributed by atoms with E-state index in [1.807, 2.05) is 0 Å². The van der Waals surface area contributed by atoms with E-state index in [2.05, 4.69) is 36.0 Å². The number of halogens is 2. The standard InChI is InChI=1S/C18H27Cl2N3O2/c1-13(2)16(23-8-6-22(3)7-9-23)11-21-18(24)12-25-17-5-4-14(19)10-15(17)20/h4-5,10,13,16H,6-9,11-12H2,1-3H3,(H,21,24). The summed E-state index contributed by atoms with van der Waals surface area (Å²) in [5.74, 6) is 0.779. The van der Waals surface area contributed by atoms with Crippen molar-refractivity contribution in [2.24, 2.45) is 5.92 Å². The summed E-state index contributed by atoms with van der Waals surface area (Å²) in [4.78, 5) is 16.9. The minimum Gasteiger partial charge on any atom is -0.482 e. The van der Waals surface area contributed by atoms with Crippen molar-refractivity contribution in [3.8, 4) is 5.75 Å². The van der Waals surface area contributed by atoms with E-state index in [1.165, 1.54) is 0 Å². The molecule has 2 rings (SSSR count). The van der Waals surface area contributed by atoms with Crippen molar-refractivity contribution in [2.75, 3.05) is 46.4 Å². The molecule has 25 heavy (non-hydrogen) atoms. The third-order valence-electron chi connectivity index (χ3n) is 4.54. The van der Waals surface area contributed by atoms with Gasteiger partial charge in [0.2, 0.25) is 0 Å². The average molecular weight is 388 g/mol. The van der Waals surface area contributed by atoms with Crippen LogP contribution in [0.5, 0.6) is 5.75 Å². The summed E-state index contributed by atoms with van der Waals surface area (Å²) in [6.07, 6.45) is 0. The second-order valence-electron chi connectivity index (χ2n) is 6.82. The maximum Gasteiger partial charge on any atom is 0.257 e.